The van der Waals surface area contributed by atoms with Crippen LogP contribution in [0.4, 0.5) is 0 Å². The fraction of sp³-hybridized carbons (Fsp3) is 0.640. The SMILES string of the molecule is CC/C=C\C/C=C\C/C=C\C/C=C\CCCCCCCCC(=O)OCC(COP(=O)(O)OCC(O)COP(=O)(O)OCC(COC(=O)CCCCCCCCC/C=C\C/C=C\C/C=C\CC)OC(=O)CCCC/C=C\C/C=C\C/C=C\C/C=C\CC)OC(=O)CCCCCCCCC/C=C\C/C=C\C/C=C\CC. The second-order valence-corrected chi connectivity index (χ2v) is 29.8. The third kappa shape index (κ3) is 78.5. The number of aliphatic hydroxyl groups excluding tert-OH is 1. The summed E-state index contributed by atoms with van der Waals surface area (Å²) in [5.41, 5.74) is 0. The van der Waals surface area contributed by atoms with Crippen LogP contribution < -0.4 is 0 Å². The number of esters is 4. The van der Waals surface area contributed by atoms with Crippen LogP contribution in [0.1, 0.15) is 310 Å². The molecular weight excluding hydrogens is 1400 g/mol. The van der Waals surface area contributed by atoms with E-state index in [1.165, 1.54) is 0 Å². The minimum Gasteiger partial charge on any atom is -0.462 e. The molecule has 108 heavy (non-hydrogen) atoms. The second kappa shape index (κ2) is 79.5. The summed E-state index contributed by atoms with van der Waals surface area (Å²) in [6, 6.07) is 0. The van der Waals surface area contributed by atoms with Gasteiger partial charge in [-0.25, -0.2) is 9.13 Å². The van der Waals surface area contributed by atoms with Gasteiger partial charge in [0.2, 0.25) is 0 Å². The van der Waals surface area contributed by atoms with E-state index in [1.54, 1.807) is 0 Å². The van der Waals surface area contributed by atoms with Gasteiger partial charge in [0.15, 0.2) is 12.2 Å². The molecule has 0 aromatic rings. The topological polar surface area (TPSA) is 237 Å². The summed E-state index contributed by atoms with van der Waals surface area (Å²) in [7, 11) is -10.00. The first-order chi connectivity index (χ1) is 52.7. The third-order valence-corrected chi connectivity index (χ3v) is 18.6. The Balaban J connectivity index is 5.44. The molecule has 5 atom stereocenters. The number of unbranched alkanes of at least 4 members (excludes halogenated alkanes) is 22. The van der Waals surface area contributed by atoms with Crippen molar-refractivity contribution < 1.29 is 80.2 Å². The summed E-state index contributed by atoms with van der Waals surface area (Å²) in [5, 5.41) is 10.7. The number of carbonyl (C=O) groups is 4. The zero-order valence-corrected chi connectivity index (χ0v) is 69.0. The van der Waals surface area contributed by atoms with Crippen LogP contribution in [0.25, 0.3) is 0 Å². The molecule has 0 amide bonds. The van der Waals surface area contributed by atoms with Crippen LogP contribution >= 0.6 is 15.6 Å². The van der Waals surface area contributed by atoms with Crippen LogP contribution in [0.15, 0.2) is 170 Å². The molecule has 0 saturated carbocycles. The van der Waals surface area contributed by atoms with E-state index in [2.05, 4.69) is 198 Å². The fourth-order valence-corrected chi connectivity index (χ4v) is 12.1. The molecule has 0 rings (SSSR count). The predicted octanol–water partition coefficient (Wildman–Crippen LogP) is 24.6. The molecule has 614 valence electrons. The summed E-state index contributed by atoms with van der Waals surface area (Å²) in [4.78, 5) is 73.2. The highest BCUT2D eigenvalue weighted by atomic mass is 31.2. The highest BCUT2D eigenvalue weighted by Gasteiger charge is 2.30. The molecule has 0 spiro atoms. The third-order valence-electron chi connectivity index (χ3n) is 16.7. The molecule has 19 heteroatoms. The van der Waals surface area contributed by atoms with E-state index in [4.69, 9.17) is 37.0 Å². The van der Waals surface area contributed by atoms with Crippen LogP contribution in [-0.4, -0.2) is 96.7 Å². The number of aliphatic hydroxyl groups is 1. The van der Waals surface area contributed by atoms with Gasteiger partial charge in [-0.05, 0) is 167 Å². The van der Waals surface area contributed by atoms with Crippen molar-refractivity contribution in [2.24, 2.45) is 0 Å². The monoisotopic (exact) mass is 1550 g/mol. The van der Waals surface area contributed by atoms with E-state index in [9.17, 15) is 43.2 Å². The number of ether oxygens (including phenoxy) is 4. The average molecular weight is 1550 g/mol. The van der Waals surface area contributed by atoms with Crippen LogP contribution in [0, 0.1) is 0 Å². The number of carbonyl (C=O) groups excluding carboxylic acids is 4. The Hall–Kier alpha value is -5.58. The van der Waals surface area contributed by atoms with E-state index in [0.29, 0.717) is 32.1 Å². The van der Waals surface area contributed by atoms with Crippen LogP contribution in [-0.2, 0) is 65.4 Å². The Morgan fingerprint density at radius 2 is 0.454 bits per heavy atom. The van der Waals surface area contributed by atoms with Gasteiger partial charge in [-0.1, -0.05) is 288 Å². The zero-order valence-electron chi connectivity index (χ0n) is 67.2. The van der Waals surface area contributed by atoms with Crippen molar-refractivity contribution in [3.8, 4) is 0 Å². The largest absolute Gasteiger partial charge is 0.472 e. The zero-order chi connectivity index (χ0) is 78.9. The number of rotatable bonds is 76. The molecule has 5 unspecified atom stereocenters. The van der Waals surface area contributed by atoms with Gasteiger partial charge in [-0.3, -0.25) is 37.3 Å². The maximum Gasteiger partial charge on any atom is 0.472 e. The first-order valence-corrected chi connectivity index (χ1v) is 44.4. The Morgan fingerprint density at radius 3 is 0.713 bits per heavy atom. The average Bonchev–Trinajstić information content (AvgIpc) is 0.906. The standard InChI is InChI=1S/C89H146O17P2/c1-5-9-13-17-21-25-29-33-37-40-41-44-47-50-54-58-62-66-70-74-87(92)100-80-85(106-89(94)76-72-68-64-60-56-52-48-43-39-35-31-27-23-19-15-11-7-3)82-104-108(97,98)102-78-83(90)77-101-107(95,96)103-81-84(105-88(93)75-71-67-63-59-55-51-45-36-32-28-24-20-16-12-8-4)79-99-86(91)73-69-65-61-57-53-49-46-42-38-34-30-26-22-18-14-10-6-2/h9-16,21-28,33-39,41,44-45,55,59,83-85,90H,5-8,17-20,29-32,40,42-43,46-54,56-58,60-82H2,1-4H3,(H,95,96)(H,97,98)/b13-9-,14-10-,15-11-,16-12-,25-21-,26-22-,27-23-,28-24-,37-33-,38-34-,39-35-,44-41-,45-36-,59-55-. The van der Waals surface area contributed by atoms with Crippen molar-refractivity contribution in [3.05, 3.63) is 170 Å². The summed E-state index contributed by atoms with van der Waals surface area (Å²) >= 11 is 0. The minimum absolute atomic E-state index is 0.0350. The number of allylic oxidation sites excluding steroid dienone is 28. The van der Waals surface area contributed by atoms with Gasteiger partial charge in [-0.2, -0.15) is 0 Å². The molecule has 0 fully saturated rings. The maximum atomic E-state index is 13.1. The van der Waals surface area contributed by atoms with Crippen molar-refractivity contribution in [2.75, 3.05) is 39.6 Å². The maximum absolute atomic E-state index is 13.1. The molecular formula is C89H146O17P2. The summed E-state index contributed by atoms with van der Waals surface area (Å²) < 4.78 is 68.7. The van der Waals surface area contributed by atoms with Gasteiger partial charge in [0.05, 0.1) is 26.4 Å². The minimum atomic E-state index is -5.00. The van der Waals surface area contributed by atoms with Gasteiger partial charge in [0.1, 0.15) is 19.3 Å². The molecule has 0 aliphatic rings. The molecule has 17 nitrogen and oxygen atoms in total. The quantitative estimate of drug-likeness (QED) is 0.0169. The highest BCUT2D eigenvalue weighted by Crippen LogP contribution is 2.45. The number of hydrogen-bond donors (Lipinski definition) is 3. The lowest BCUT2D eigenvalue weighted by molar-refractivity contribution is -0.161. The van der Waals surface area contributed by atoms with Crippen molar-refractivity contribution in [1.29, 1.82) is 0 Å². The first kappa shape index (κ1) is 102. The van der Waals surface area contributed by atoms with Crippen LogP contribution in [0.3, 0.4) is 0 Å². The summed E-state index contributed by atoms with van der Waals surface area (Å²) in [6.07, 6.45) is 94.6. The molecule has 3 N–H and O–H groups in total. The van der Waals surface area contributed by atoms with Gasteiger partial charge >= 0.3 is 39.5 Å². The van der Waals surface area contributed by atoms with E-state index >= 15 is 0 Å². The molecule has 0 heterocycles. The van der Waals surface area contributed by atoms with Gasteiger partial charge in [0, 0.05) is 25.7 Å². The number of phosphoric ester groups is 2. The lowest BCUT2D eigenvalue weighted by Gasteiger charge is -2.21. The highest BCUT2D eigenvalue weighted by molar-refractivity contribution is 7.47. The molecule has 0 aromatic carbocycles. The second-order valence-electron chi connectivity index (χ2n) is 26.9. The van der Waals surface area contributed by atoms with Crippen molar-refractivity contribution in [3.63, 3.8) is 0 Å². The van der Waals surface area contributed by atoms with Gasteiger partial charge in [-0.15, -0.1) is 0 Å². The van der Waals surface area contributed by atoms with E-state index in [1.807, 2.05) is 0 Å². The van der Waals surface area contributed by atoms with Gasteiger partial charge < -0.3 is 33.8 Å². The Bertz CT molecular complexity index is 2710. The Kier molecular flexibility index (Phi) is 75.4. The molecule has 0 aromatic heterocycles. The Morgan fingerprint density at radius 1 is 0.259 bits per heavy atom. The Labute approximate surface area is 654 Å². The van der Waals surface area contributed by atoms with Crippen molar-refractivity contribution >= 4 is 39.5 Å². The normalized spacial score (nSPS) is 14.7. The van der Waals surface area contributed by atoms with E-state index < -0.39 is 97.5 Å². The molecule has 0 radical (unpaired) electrons. The smallest absolute Gasteiger partial charge is 0.462 e. The van der Waals surface area contributed by atoms with Crippen LogP contribution in [0.2, 0.25) is 0 Å². The molecule has 0 aliphatic carbocycles. The number of phosphoric acid groups is 2. The summed E-state index contributed by atoms with van der Waals surface area (Å²) in [5.74, 6) is -2.27. The molecule has 0 saturated heterocycles. The van der Waals surface area contributed by atoms with E-state index in [0.717, 1.165) is 225 Å². The first-order valence-electron chi connectivity index (χ1n) is 41.4. The predicted molar refractivity (Wildman–Crippen MR) is 445 cm³/mol. The van der Waals surface area contributed by atoms with Gasteiger partial charge in [0.25, 0.3) is 0 Å². The van der Waals surface area contributed by atoms with Crippen molar-refractivity contribution in [1.82, 2.24) is 0 Å². The lowest BCUT2D eigenvalue weighted by Crippen LogP contribution is -2.30. The number of hydrogen-bond acceptors (Lipinski definition) is 15. The molecule has 0 aliphatic heterocycles. The van der Waals surface area contributed by atoms with E-state index in [-0.39, 0.29) is 25.7 Å². The lowest BCUT2D eigenvalue weighted by atomic mass is 10.1. The fourth-order valence-electron chi connectivity index (χ4n) is 10.5. The molecule has 0 bridgehead atoms. The summed E-state index contributed by atoms with van der Waals surface area (Å²) in [6.45, 7) is 4.35. The van der Waals surface area contributed by atoms with Crippen molar-refractivity contribution in [2.45, 2.75) is 329 Å². The van der Waals surface area contributed by atoms with Crippen LogP contribution in [0.5, 0.6) is 0 Å².